The molecule has 0 spiro atoms. The van der Waals surface area contributed by atoms with E-state index in [-0.39, 0.29) is 12.0 Å². The molecule has 29 heavy (non-hydrogen) atoms. The predicted molar refractivity (Wildman–Crippen MR) is 115 cm³/mol. The monoisotopic (exact) mass is 398 g/mol. The van der Waals surface area contributed by atoms with Crippen LogP contribution in [0.4, 0.5) is 11.4 Å². The first-order valence-electron chi connectivity index (χ1n) is 10.6. The van der Waals surface area contributed by atoms with E-state index in [1.165, 1.54) is 0 Å². The van der Waals surface area contributed by atoms with Gasteiger partial charge in [0.05, 0.1) is 31.0 Å². The molecule has 1 aromatic carbocycles. The first-order valence-corrected chi connectivity index (χ1v) is 10.6. The van der Waals surface area contributed by atoms with Crippen LogP contribution in [0.3, 0.4) is 0 Å². The van der Waals surface area contributed by atoms with Gasteiger partial charge in [-0.1, -0.05) is 0 Å². The number of fused-ring (bicyclic) bond motifs is 1. The van der Waals surface area contributed by atoms with E-state index in [0.29, 0.717) is 18.2 Å². The number of esters is 1. The summed E-state index contributed by atoms with van der Waals surface area (Å²) in [6.45, 7) is 5.33. The molecule has 1 saturated carbocycles. The Balaban J connectivity index is 1.73. The lowest BCUT2D eigenvalue weighted by atomic mass is 9.91. The molecule has 3 N–H and O–H groups in total. The van der Waals surface area contributed by atoms with E-state index in [0.717, 1.165) is 74.3 Å². The van der Waals surface area contributed by atoms with E-state index in [1.54, 1.807) is 6.20 Å². The van der Waals surface area contributed by atoms with Gasteiger partial charge in [-0.2, -0.15) is 0 Å². The Bertz CT molecular complexity index is 859. The summed E-state index contributed by atoms with van der Waals surface area (Å²) in [5.74, 6) is -0.339. The molecule has 156 valence electrons. The van der Waals surface area contributed by atoms with Crippen LogP contribution < -0.4 is 16.0 Å². The minimum absolute atomic E-state index is 0.277. The van der Waals surface area contributed by atoms with Crippen molar-refractivity contribution in [2.75, 3.05) is 43.1 Å². The molecule has 1 aliphatic carbocycles. The molecule has 7 nitrogen and oxygen atoms in total. The first kappa shape index (κ1) is 19.9. The molecule has 4 rings (SSSR count). The van der Waals surface area contributed by atoms with Gasteiger partial charge in [0.25, 0.3) is 0 Å². The van der Waals surface area contributed by atoms with Crippen LogP contribution in [-0.2, 0) is 9.47 Å². The first-order chi connectivity index (χ1) is 14.2. The van der Waals surface area contributed by atoms with Gasteiger partial charge in [-0.3, -0.25) is 4.98 Å². The summed E-state index contributed by atoms with van der Waals surface area (Å²) in [5.41, 5.74) is 9.38. The molecule has 0 bridgehead atoms. The SMILES string of the molecule is CCOC(=O)c1cnc2ccc(N3CCOCC3)cc2c1NC1CCC(N)CC1. The second-order valence-electron chi connectivity index (χ2n) is 7.82. The van der Waals surface area contributed by atoms with Crippen molar-refractivity contribution in [1.82, 2.24) is 4.98 Å². The van der Waals surface area contributed by atoms with Gasteiger partial charge in [0, 0.05) is 42.4 Å². The molecule has 2 fully saturated rings. The number of aromatic nitrogens is 1. The van der Waals surface area contributed by atoms with Crippen LogP contribution in [-0.4, -0.2) is 55.9 Å². The molecule has 2 aromatic rings. The Labute approximate surface area is 171 Å². The highest BCUT2D eigenvalue weighted by atomic mass is 16.5. The van der Waals surface area contributed by atoms with Gasteiger partial charge in [-0.05, 0) is 50.8 Å². The van der Waals surface area contributed by atoms with Crippen LogP contribution in [0.2, 0.25) is 0 Å². The van der Waals surface area contributed by atoms with Crippen molar-refractivity contribution in [3.63, 3.8) is 0 Å². The van der Waals surface area contributed by atoms with Crippen molar-refractivity contribution in [2.24, 2.45) is 5.73 Å². The molecular formula is C22H30N4O3. The lowest BCUT2D eigenvalue weighted by molar-refractivity contribution is 0.0527. The Kier molecular flexibility index (Phi) is 6.16. The fourth-order valence-electron chi connectivity index (χ4n) is 4.19. The quantitative estimate of drug-likeness (QED) is 0.749. The number of pyridine rings is 1. The molecule has 2 aliphatic rings. The normalized spacial score (nSPS) is 22.5. The number of nitrogens with two attached hydrogens (primary N) is 1. The summed E-state index contributed by atoms with van der Waals surface area (Å²) in [6, 6.07) is 6.82. The molecule has 1 saturated heterocycles. The molecule has 1 aromatic heterocycles. The fraction of sp³-hybridized carbons (Fsp3) is 0.545. The molecular weight excluding hydrogens is 368 g/mol. The summed E-state index contributed by atoms with van der Waals surface area (Å²) in [4.78, 5) is 19.5. The number of carbonyl (C=O) groups is 1. The zero-order valence-electron chi connectivity index (χ0n) is 17.0. The summed E-state index contributed by atoms with van der Waals surface area (Å²) >= 11 is 0. The van der Waals surface area contributed by atoms with E-state index in [2.05, 4.69) is 27.3 Å². The zero-order chi connectivity index (χ0) is 20.2. The van der Waals surface area contributed by atoms with E-state index in [9.17, 15) is 4.79 Å². The number of ether oxygens (including phenoxy) is 2. The minimum Gasteiger partial charge on any atom is -0.462 e. The van der Waals surface area contributed by atoms with Gasteiger partial charge >= 0.3 is 5.97 Å². The third kappa shape index (κ3) is 4.46. The van der Waals surface area contributed by atoms with Gasteiger partial charge in [-0.15, -0.1) is 0 Å². The molecule has 0 radical (unpaired) electrons. The van der Waals surface area contributed by atoms with Crippen molar-refractivity contribution in [1.29, 1.82) is 0 Å². The van der Waals surface area contributed by atoms with Crippen LogP contribution >= 0.6 is 0 Å². The van der Waals surface area contributed by atoms with Gasteiger partial charge in [0.1, 0.15) is 5.56 Å². The van der Waals surface area contributed by atoms with E-state index >= 15 is 0 Å². The third-order valence-electron chi connectivity index (χ3n) is 5.84. The smallest absolute Gasteiger partial charge is 0.341 e. The number of morpholine rings is 1. The summed E-state index contributed by atoms with van der Waals surface area (Å²) < 4.78 is 10.8. The number of carbonyl (C=O) groups excluding carboxylic acids is 1. The topological polar surface area (TPSA) is 89.7 Å². The van der Waals surface area contributed by atoms with Crippen molar-refractivity contribution >= 4 is 28.2 Å². The van der Waals surface area contributed by atoms with E-state index < -0.39 is 0 Å². The van der Waals surface area contributed by atoms with Crippen LogP contribution in [0.5, 0.6) is 0 Å². The average molecular weight is 399 g/mol. The van der Waals surface area contributed by atoms with Gasteiger partial charge < -0.3 is 25.4 Å². The second kappa shape index (κ2) is 8.97. The maximum Gasteiger partial charge on any atom is 0.341 e. The van der Waals surface area contributed by atoms with Crippen molar-refractivity contribution in [3.05, 3.63) is 30.0 Å². The number of hydrogen-bond acceptors (Lipinski definition) is 7. The van der Waals surface area contributed by atoms with Gasteiger partial charge in [-0.25, -0.2) is 4.79 Å². The number of nitrogens with one attached hydrogen (secondary N) is 1. The van der Waals surface area contributed by atoms with Crippen molar-refractivity contribution < 1.29 is 14.3 Å². The van der Waals surface area contributed by atoms with Crippen molar-refractivity contribution in [3.8, 4) is 0 Å². The maximum absolute atomic E-state index is 12.6. The van der Waals surface area contributed by atoms with Crippen LogP contribution in [0, 0.1) is 0 Å². The average Bonchev–Trinajstić information content (AvgIpc) is 2.76. The lowest BCUT2D eigenvalue weighted by Crippen LogP contribution is -2.36. The number of hydrogen-bond donors (Lipinski definition) is 2. The number of rotatable bonds is 5. The molecule has 0 amide bonds. The van der Waals surface area contributed by atoms with Gasteiger partial charge in [0.2, 0.25) is 0 Å². The highest BCUT2D eigenvalue weighted by Crippen LogP contribution is 2.33. The van der Waals surface area contributed by atoms with E-state index in [4.69, 9.17) is 15.2 Å². The summed E-state index contributed by atoms with van der Waals surface area (Å²) in [5, 5.41) is 4.60. The number of nitrogens with zero attached hydrogens (tertiary/aromatic N) is 2. The van der Waals surface area contributed by atoms with Gasteiger partial charge in [0.15, 0.2) is 0 Å². The molecule has 0 unspecified atom stereocenters. The summed E-state index contributed by atoms with van der Waals surface area (Å²) in [7, 11) is 0. The number of anilines is 2. The summed E-state index contributed by atoms with van der Waals surface area (Å²) in [6.07, 6.45) is 5.61. The van der Waals surface area contributed by atoms with E-state index in [1.807, 2.05) is 13.0 Å². The second-order valence-corrected chi connectivity index (χ2v) is 7.82. The zero-order valence-corrected chi connectivity index (χ0v) is 17.0. The molecule has 1 aliphatic heterocycles. The Morgan fingerprint density at radius 3 is 2.76 bits per heavy atom. The Morgan fingerprint density at radius 2 is 2.03 bits per heavy atom. The highest BCUT2D eigenvalue weighted by Gasteiger charge is 2.23. The van der Waals surface area contributed by atoms with Crippen LogP contribution in [0.15, 0.2) is 24.4 Å². The fourth-order valence-corrected chi connectivity index (χ4v) is 4.19. The molecule has 0 atom stereocenters. The van der Waals surface area contributed by atoms with Crippen molar-refractivity contribution in [2.45, 2.75) is 44.7 Å². The lowest BCUT2D eigenvalue weighted by Gasteiger charge is -2.30. The minimum atomic E-state index is -0.339. The molecule has 7 heteroatoms. The largest absolute Gasteiger partial charge is 0.462 e. The number of benzene rings is 1. The third-order valence-corrected chi connectivity index (χ3v) is 5.84. The Hall–Kier alpha value is -2.38. The standard InChI is InChI=1S/C22H30N4O3/c1-2-29-22(27)19-14-24-20-8-7-17(26-9-11-28-12-10-26)13-18(20)21(19)25-16-5-3-15(23)4-6-16/h7-8,13-16H,2-6,9-12,23H2,1H3,(H,24,25). The maximum atomic E-state index is 12.6. The predicted octanol–water partition coefficient (Wildman–Crippen LogP) is 2.93. The van der Waals surface area contributed by atoms with Crippen LogP contribution in [0.1, 0.15) is 43.0 Å². The Morgan fingerprint density at radius 1 is 1.28 bits per heavy atom. The van der Waals surface area contributed by atoms with Crippen LogP contribution in [0.25, 0.3) is 10.9 Å². The molecule has 2 heterocycles. The highest BCUT2D eigenvalue weighted by molar-refractivity contribution is 6.05.